The molecule has 3 N–H and O–H groups in total. The third-order valence-corrected chi connectivity index (χ3v) is 5.76. The summed E-state index contributed by atoms with van der Waals surface area (Å²) in [6, 6.07) is 4.17. The molecule has 2 aliphatic rings. The van der Waals surface area contributed by atoms with Crippen molar-refractivity contribution in [3.05, 3.63) is 45.6 Å². The number of hydrogen-bond acceptors (Lipinski definition) is 7. The minimum atomic E-state index is -1.14. The molecular weight excluding hydrogens is 388 g/mol. The van der Waals surface area contributed by atoms with Gasteiger partial charge in [0.15, 0.2) is 5.58 Å². The summed E-state index contributed by atoms with van der Waals surface area (Å²) in [5.74, 6) is -0.129. The zero-order valence-electron chi connectivity index (χ0n) is 17.0. The lowest BCUT2D eigenvalue weighted by molar-refractivity contribution is 0.118. The molecule has 3 heterocycles. The summed E-state index contributed by atoms with van der Waals surface area (Å²) in [6.45, 7) is 7.41. The van der Waals surface area contributed by atoms with E-state index in [-0.39, 0.29) is 44.8 Å². The Labute approximate surface area is 171 Å². The summed E-state index contributed by atoms with van der Waals surface area (Å²) in [7, 11) is 0. The molecule has 7 heteroatoms. The highest BCUT2D eigenvalue weighted by atomic mass is 16.6. The highest BCUT2D eigenvalue weighted by Gasteiger charge is 2.54. The Bertz CT molecular complexity index is 1310. The molecule has 1 aromatic heterocycles. The summed E-state index contributed by atoms with van der Waals surface area (Å²) in [5, 5.41) is 32.0. The summed E-state index contributed by atoms with van der Waals surface area (Å²) in [6.07, 6.45) is 1.78. The molecule has 1 fully saturated rings. The second-order valence-corrected chi connectivity index (χ2v) is 8.95. The largest absolute Gasteiger partial charge is 0.508 e. The zero-order chi connectivity index (χ0) is 21.6. The SMILES string of the molecule is CC1(C)C=Cc2c(c([C@@H](O)[C@@H]3OC3(C)C)c3oc4ccc(O)cc4c(=O)c3c2O)O1. The Balaban J connectivity index is 1.93. The molecule has 5 rings (SSSR count). The fourth-order valence-electron chi connectivity index (χ4n) is 4.08. The zero-order valence-corrected chi connectivity index (χ0v) is 17.0. The van der Waals surface area contributed by atoms with Crippen molar-refractivity contribution in [1.29, 1.82) is 0 Å². The van der Waals surface area contributed by atoms with Crippen molar-refractivity contribution in [3.8, 4) is 17.2 Å². The molecule has 1 saturated heterocycles. The van der Waals surface area contributed by atoms with Crippen LogP contribution in [-0.2, 0) is 4.74 Å². The lowest BCUT2D eigenvalue weighted by atomic mass is 9.91. The molecular formula is C23H22O7. The molecule has 3 aromatic rings. The molecule has 0 spiro atoms. The van der Waals surface area contributed by atoms with Crippen LogP contribution in [0.25, 0.3) is 28.0 Å². The lowest BCUT2D eigenvalue weighted by Gasteiger charge is -2.31. The second kappa shape index (κ2) is 5.77. The maximum atomic E-state index is 13.3. The summed E-state index contributed by atoms with van der Waals surface area (Å²) in [4.78, 5) is 13.3. The molecule has 0 bridgehead atoms. The maximum Gasteiger partial charge on any atom is 0.204 e. The molecule has 2 aromatic carbocycles. The van der Waals surface area contributed by atoms with E-state index in [1.165, 1.54) is 18.2 Å². The van der Waals surface area contributed by atoms with Gasteiger partial charge in [0.1, 0.15) is 46.0 Å². The standard InChI is InChI=1S/C23H22O7/c1-22(2)8-7-11-16(25)14-17(26)12-9-10(24)5-6-13(12)28-20(14)15(19(11)29-22)18(27)21-23(3,4)30-21/h5-9,18,21,24-25,27H,1-4H3/t18-,21+/m1/s1. The third kappa shape index (κ3) is 2.62. The Morgan fingerprint density at radius 3 is 2.50 bits per heavy atom. The Morgan fingerprint density at radius 2 is 1.83 bits per heavy atom. The number of phenolic OH excluding ortho intramolecular Hbond substituents is 2. The van der Waals surface area contributed by atoms with E-state index in [9.17, 15) is 20.1 Å². The van der Waals surface area contributed by atoms with Gasteiger partial charge in [-0.15, -0.1) is 0 Å². The van der Waals surface area contributed by atoms with E-state index in [4.69, 9.17) is 13.9 Å². The van der Waals surface area contributed by atoms with Crippen molar-refractivity contribution < 1.29 is 29.2 Å². The molecule has 7 nitrogen and oxygen atoms in total. The third-order valence-electron chi connectivity index (χ3n) is 5.76. The van der Waals surface area contributed by atoms with Crippen LogP contribution in [0.2, 0.25) is 0 Å². The topological polar surface area (TPSA) is 113 Å². The van der Waals surface area contributed by atoms with Gasteiger partial charge in [0.25, 0.3) is 0 Å². The number of phenols is 2. The molecule has 0 amide bonds. The van der Waals surface area contributed by atoms with Gasteiger partial charge < -0.3 is 29.2 Å². The fourth-order valence-corrected chi connectivity index (χ4v) is 4.08. The van der Waals surface area contributed by atoms with Crippen molar-refractivity contribution in [2.75, 3.05) is 0 Å². The lowest BCUT2D eigenvalue weighted by Crippen LogP contribution is -2.29. The molecule has 156 valence electrons. The fraction of sp³-hybridized carbons (Fsp3) is 0.348. The maximum absolute atomic E-state index is 13.3. The van der Waals surface area contributed by atoms with E-state index < -0.39 is 28.8 Å². The van der Waals surface area contributed by atoms with E-state index in [0.29, 0.717) is 5.56 Å². The van der Waals surface area contributed by atoms with Crippen LogP contribution in [0.4, 0.5) is 0 Å². The molecule has 0 unspecified atom stereocenters. The summed E-state index contributed by atoms with van der Waals surface area (Å²) < 4.78 is 17.8. The van der Waals surface area contributed by atoms with Crippen LogP contribution in [0.1, 0.15) is 44.9 Å². The predicted octanol–water partition coefficient (Wildman–Crippen LogP) is 3.75. The van der Waals surface area contributed by atoms with Gasteiger partial charge in [-0.3, -0.25) is 4.79 Å². The molecule has 0 saturated carbocycles. The quantitative estimate of drug-likeness (QED) is 0.436. The van der Waals surface area contributed by atoms with Gasteiger partial charge in [0.05, 0.1) is 22.1 Å². The first-order valence-corrected chi connectivity index (χ1v) is 9.73. The summed E-state index contributed by atoms with van der Waals surface area (Å²) in [5.41, 5.74) is -0.924. The van der Waals surface area contributed by atoms with Crippen LogP contribution >= 0.6 is 0 Å². The number of aliphatic hydroxyl groups is 1. The van der Waals surface area contributed by atoms with Crippen molar-refractivity contribution in [2.24, 2.45) is 0 Å². The van der Waals surface area contributed by atoms with E-state index in [1.54, 1.807) is 12.2 Å². The van der Waals surface area contributed by atoms with Gasteiger partial charge in [0, 0.05) is 0 Å². The Kier molecular flexibility index (Phi) is 3.65. The number of benzene rings is 2. The van der Waals surface area contributed by atoms with Gasteiger partial charge in [-0.2, -0.15) is 0 Å². The van der Waals surface area contributed by atoms with Crippen LogP contribution < -0.4 is 10.2 Å². The number of epoxide rings is 1. The molecule has 30 heavy (non-hydrogen) atoms. The number of fused-ring (bicyclic) bond motifs is 3. The van der Waals surface area contributed by atoms with E-state index in [1.807, 2.05) is 27.7 Å². The number of aromatic hydroxyl groups is 2. The minimum absolute atomic E-state index is 0.0411. The molecule has 0 radical (unpaired) electrons. The predicted molar refractivity (Wildman–Crippen MR) is 111 cm³/mol. The van der Waals surface area contributed by atoms with Crippen molar-refractivity contribution in [1.82, 2.24) is 0 Å². The Morgan fingerprint density at radius 1 is 1.13 bits per heavy atom. The van der Waals surface area contributed by atoms with Crippen LogP contribution in [0.15, 0.2) is 33.5 Å². The highest BCUT2D eigenvalue weighted by molar-refractivity contribution is 5.99. The molecule has 2 aliphatic heterocycles. The van der Waals surface area contributed by atoms with Crippen LogP contribution in [0, 0.1) is 0 Å². The number of ether oxygens (including phenoxy) is 2. The first-order chi connectivity index (χ1) is 14.0. The van der Waals surface area contributed by atoms with Crippen LogP contribution in [0.3, 0.4) is 0 Å². The number of aliphatic hydroxyl groups excluding tert-OH is 1. The summed E-state index contributed by atoms with van der Waals surface area (Å²) >= 11 is 0. The monoisotopic (exact) mass is 410 g/mol. The second-order valence-electron chi connectivity index (χ2n) is 8.95. The first-order valence-electron chi connectivity index (χ1n) is 9.73. The smallest absolute Gasteiger partial charge is 0.204 e. The van der Waals surface area contributed by atoms with Gasteiger partial charge in [-0.05, 0) is 58.0 Å². The van der Waals surface area contributed by atoms with Crippen LogP contribution in [0.5, 0.6) is 17.2 Å². The van der Waals surface area contributed by atoms with E-state index >= 15 is 0 Å². The average molecular weight is 410 g/mol. The molecule has 0 aliphatic carbocycles. The van der Waals surface area contributed by atoms with Crippen molar-refractivity contribution in [3.63, 3.8) is 0 Å². The van der Waals surface area contributed by atoms with Gasteiger partial charge >= 0.3 is 0 Å². The number of hydrogen-bond donors (Lipinski definition) is 3. The normalized spacial score (nSPS) is 22.0. The van der Waals surface area contributed by atoms with Gasteiger partial charge in [0.2, 0.25) is 5.43 Å². The average Bonchev–Trinajstić information content (AvgIpc) is 3.29. The first kappa shape index (κ1) is 19.0. The number of rotatable bonds is 2. The minimum Gasteiger partial charge on any atom is -0.508 e. The van der Waals surface area contributed by atoms with Gasteiger partial charge in [-0.1, -0.05) is 0 Å². The van der Waals surface area contributed by atoms with E-state index in [0.717, 1.165) is 0 Å². The van der Waals surface area contributed by atoms with Crippen LogP contribution in [-0.4, -0.2) is 32.6 Å². The van der Waals surface area contributed by atoms with Crippen molar-refractivity contribution >= 4 is 28.0 Å². The van der Waals surface area contributed by atoms with E-state index in [2.05, 4.69) is 0 Å². The highest BCUT2D eigenvalue weighted by Crippen LogP contribution is 2.52. The Hall–Kier alpha value is -3.03. The van der Waals surface area contributed by atoms with Crippen molar-refractivity contribution in [2.45, 2.75) is 51.1 Å². The van der Waals surface area contributed by atoms with Gasteiger partial charge in [-0.25, -0.2) is 0 Å². The molecule has 2 atom stereocenters.